The van der Waals surface area contributed by atoms with Gasteiger partial charge in [-0.1, -0.05) is 27.7 Å². The van der Waals surface area contributed by atoms with Crippen molar-refractivity contribution in [1.82, 2.24) is 6.15 Å². The molecule has 0 aliphatic carbocycles. The minimum Gasteiger partial charge on any atom is -0.452 e. The number of hydrogen-bond donors (Lipinski definition) is 1. The zero-order chi connectivity index (χ0) is 12.4. The van der Waals surface area contributed by atoms with Crippen LogP contribution in [0.5, 0.6) is 0 Å². The van der Waals surface area contributed by atoms with Crippen LogP contribution in [0.2, 0.25) is 0 Å². The van der Waals surface area contributed by atoms with E-state index in [9.17, 15) is 18.0 Å². The fourth-order valence-corrected chi connectivity index (χ4v) is 1.16. The number of carbonyl (C=O) groups excluding carboxylic acids is 1. The fourth-order valence-electron chi connectivity index (χ4n) is 1.16. The SMILES string of the molecule is CC(C)C(C)(OC(=O)C(F)(F)F)C(C)C.[NH4+]. The normalized spacial score (nSPS) is 12.6. The highest BCUT2D eigenvalue weighted by atomic mass is 19.4. The molecule has 0 atom stereocenters. The zero-order valence-electron chi connectivity index (χ0n) is 10.6. The van der Waals surface area contributed by atoms with E-state index in [-0.39, 0.29) is 18.0 Å². The Morgan fingerprint density at radius 2 is 1.38 bits per heavy atom. The maximum Gasteiger partial charge on any atom is 0.490 e. The minimum absolute atomic E-state index is 0. The van der Waals surface area contributed by atoms with Gasteiger partial charge in [-0.2, -0.15) is 13.2 Å². The molecule has 4 N–H and O–H groups in total. The molecule has 0 heterocycles. The lowest BCUT2D eigenvalue weighted by Crippen LogP contribution is -2.45. The van der Waals surface area contributed by atoms with Crippen LogP contribution in [0.4, 0.5) is 13.2 Å². The van der Waals surface area contributed by atoms with E-state index in [1.807, 2.05) is 0 Å². The summed E-state index contributed by atoms with van der Waals surface area (Å²) in [5, 5.41) is 0. The first-order valence-electron chi connectivity index (χ1n) is 4.82. The number of ether oxygens (including phenoxy) is 1. The van der Waals surface area contributed by atoms with Crippen LogP contribution in [0.25, 0.3) is 0 Å². The van der Waals surface area contributed by atoms with E-state index in [0.717, 1.165) is 0 Å². The van der Waals surface area contributed by atoms with Crippen LogP contribution >= 0.6 is 0 Å². The third-order valence-electron chi connectivity index (χ3n) is 2.84. The Hall–Kier alpha value is -0.780. The monoisotopic (exact) mass is 244 g/mol. The van der Waals surface area contributed by atoms with Crippen LogP contribution in [0.3, 0.4) is 0 Å². The Kier molecular flexibility index (Phi) is 6.07. The minimum atomic E-state index is -4.93. The van der Waals surface area contributed by atoms with Crippen LogP contribution in [0.15, 0.2) is 0 Å². The Bertz CT molecular complexity index is 229. The third kappa shape index (κ3) is 4.00. The largest absolute Gasteiger partial charge is 0.490 e. The Morgan fingerprint density at radius 1 is 1.06 bits per heavy atom. The number of rotatable bonds is 3. The topological polar surface area (TPSA) is 62.8 Å². The maximum absolute atomic E-state index is 12.0. The summed E-state index contributed by atoms with van der Waals surface area (Å²) in [6.07, 6.45) is -4.93. The summed E-state index contributed by atoms with van der Waals surface area (Å²) < 4.78 is 40.7. The molecule has 0 fully saturated rings. The summed E-state index contributed by atoms with van der Waals surface area (Å²) >= 11 is 0. The van der Waals surface area contributed by atoms with Gasteiger partial charge in [0.1, 0.15) is 5.60 Å². The van der Waals surface area contributed by atoms with Gasteiger partial charge in [0.05, 0.1) is 0 Å². The molecular formula is C10H21F3NO2+. The van der Waals surface area contributed by atoms with E-state index in [0.29, 0.717) is 0 Å². The van der Waals surface area contributed by atoms with Crippen LogP contribution in [-0.2, 0) is 9.53 Å². The first-order chi connectivity index (χ1) is 6.51. The molecule has 6 heteroatoms. The lowest BCUT2D eigenvalue weighted by Gasteiger charge is -2.37. The van der Waals surface area contributed by atoms with E-state index in [1.54, 1.807) is 27.7 Å². The highest BCUT2D eigenvalue weighted by molar-refractivity contribution is 5.76. The van der Waals surface area contributed by atoms with Crippen LogP contribution in [0, 0.1) is 11.8 Å². The molecular weight excluding hydrogens is 223 g/mol. The van der Waals surface area contributed by atoms with E-state index in [1.165, 1.54) is 6.92 Å². The van der Waals surface area contributed by atoms with E-state index in [4.69, 9.17) is 0 Å². The van der Waals surface area contributed by atoms with Crippen molar-refractivity contribution in [3.05, 3.63) is 0 Å². The van der Waals surface area contributed by atoms with Crippen molar-refractivity contribution in [3.63, 3.8) is 0 Å². The number of quaternary nitrogens is 1. The number of halogens is 3. The number of esters is 1. The van der Waals surface area contributed by atoms with Crippen LogP contribution in [0.1, 0.15) is 34.6 Å². The van der Waals surface area contributed by atoms with Gasteiger partial charge in [0.25, 0.3) is 0 Å². The lowest BCUT2D eigenvalue weighted by atomic mass is 9.82. The first kappa shape index (κ1) is 17.6. The summed E-state index contributed by atoms with van der Waals surface area (Å²) in [5.74, 6) is -2.47. The summed E-state index contributed by atoms with van der Waals surface area (Å²) in [5.41, 5.74) is -1.09. The highest BCUT2D eigenvalue weighted by Crippen LogP contribution is 2.32. The van der Waals surface area contributed by atoms with Gasteiger partial charge >= 0.3 is 12.1 Å². The van der Waals surface area contributed by atoms with Crippen LogP contribution in [-0.4, -0.2) is 17.7 Å². The zero-order valence-corrected chi connectivity index (χ0v) is 10.6. The fraction of sp³-hybridized carbons (Fsp3) is 0.900. The number of hydrogen-bond acceptors (Lipinski definition) is 2. The second kappa shape index (κ2) is 5.52. The van der Waals surface area contributed by atoms with Crippen molar-refractivity contribution >= 4 is 5.97 Å². The van der Waals surface area contributed by atoms with Gasteiger partial charge in [0, 0.05) is 0 Å². The molecule has 0 radical (unpaired) electrons. The summed E-state index contributed by atoms with van der Waals surface area (Å²) in [6, 6.07) is 0. The molecule has 0 unspecified atom stereocenters. The summed E-state index contributed by atoms with van der Waals surface area (Å²) in [7, 11) is 0. The standard InChI is InChI=1S/C10H17F3O2.H3N/c1-6(2)9(5,7(3)4)15-8(14)10(11,12)13;/h6-7H,1-5H3;1H3/p+1. The Labute approximate surface area is 93.9 Å². The van der Waals surface area contributed by atoms with E-state index < -0.39 is 17.7 Å². The second-order valence-corrected chi connectivity index (χ2v) is 4.38. The van der Waals surface area contributed by atoms with Crippen molar-refractivity contribution < 1.29 is 22.7 Å². The van der Waals surface area contributed by atoms with Gasteiger partial charge in [-0.05, 0) is 18.8 Å². The summed E-state index contributed by atoms with van der Waals surface area (Å²) in [6.45, 7) is 8.42. The quantitative estimate of drug-likeness (QED) is 0.772. The molecule has 0 saturated carbocycles. The van der Waals surface area contributed by atoms with Gasteiger partial charge in [-0.15, -0.1) is 0 Å². The molecule has 0 aromatic rings. The molecule has 0 aromatic heterocycles. The smallest absolute Gasteiger partial charge is 0.452 e. The third-order valence-corrected chi connectivity index (χ3v) is 2.84. The molecule has 0 spiro atoms. The Morgan fingerprint density at radius 3 is 1.56 bits per heavy atom. The van der Waals surface area contributed by atoms with Gasteiger partial charge in [-0.3, -0.25) is 0 Å². The molecule has 0 saturated heterocycles. The average molecular weight is 244 g/mol. The summed E-state index contributed by atoms with van der Waals surface area (Å²) in [4.78, 5) is 10.7. The van der Waals surface area contributed by atoms with Crippen LogP contribution < -0.4 is 6.15 Å². The first-order valence-corrected chi connectivity index (χ1v) is 4.82. The lowest BCUT2D eigenvalue weighted by molar-refractivity contribution is -0.220. The molecule has 0 rings (SSSR count). The van der Waals surface area contributed by atoms with E-state index >= 15 is 0 Å². The maximum atomic E-state index is 12.0. The number of carbonyl (C=O) groups is 1. The molecule has 0 aliphatic rings. The molecule has 3 nitrogen and oxygen atoms in total. The predicted molar refractivity (Wildman–Crippen MR) is 56.2 cm³/mol. The molecule has 0 bridgehead atoms. The van der Waals surface area contributed by atoms with Crippen molar-refractivity contribution in [2.75, 3.05) is 0 Å². The number of alkyl halides is 3. The van der Waals surface area contributed by atoms with Crippen molar-refractivity contribution in [3.8, 4) is 0 Å². The molecule has 0 amide bonds. The predicted octanol–water partition coefficient (Wildman–Crippen LogP) is 3.54. The van der Waals surface area contributed by atoms with E-state index in [2.05, 4.69) is 4.74 Å². The van der Waals surface area contributed by atoms with Crippen molar-refractivity contribution in [2.24, 2.45) is 11.8 Å². The van der Waals surface area contributed by atoms with Gasteiger partial charge < -0.3 is 10.9 Å². The van der Waals surface area contributed by atoms with Gasteiger partial charge in [0.2, 0.25) is 0 Å². The molecule has 0 aliphatic heterocycles. The van der Waals surface area contributed by atoms with Gasteiger partial charge in [0.15, 0.2) is 0 Å². The second-order valence-electron chi connectivity index (χ2n) is 4.38. The van der Waals surface area contributed by atoms with Crippen molar-refractivity contribution in [1.29, 1.82) is 0 Å². The molecule has 98 valence electrons. The molecule has 0 aromatic carbocycles. The van der Waals surface area contributed by atoms with Gasteiger partial charge in [-0.25, -0.2) is 4.79 Å². The van der Waals surface area contributed by atoms with Crippen molar-refractivity contribution in [2.45, 2.75) is 46.4 Å². The molecule has 16 heavy (non-hydrogen) atoms. The Balaban J connectivity index is 0. The highest BCUT2D eigenvalue weighted by Gasteiger charge is 2.47. The average Bonchev–Trinajstić information content (AvgIpc) is 2.01.